The van der Waals surface area contributed by atoms with E-state index in [2.05, 4.69) is 5.32 Å². The Morgan fingerprint density at radius 2 is 2.04 bits per heavy atom. The predicted molar refractivity (Wildman–Crippen MR) is 101 cm³/mol. The van der Waals surface area contributed by atoms with Crippen molar-refractivity contribution in [1.82, 2.24) is 0 Å². The van der Waals surface area contributed by atoms with E-state index in [1.54, 1.807) is 4.90 Å². The number of aryl methyl sites for hydroxylation is 1. The highest BCUT2D eigenvalue weighted by molar-refractivity contribution is 6.06. The van der Waals surface area contributed by atoms with Gasteiger partial charge in [-0.05, 0) is 55.5 Å². The van der Waals surface area contributed by atoms with Gasteiger partial charge in [0, 0.05) is 30.1 Å². The zero-order valence-electron chi connectivity index (χ0n) is 14.8. The number of fused-ring (bicyclic) bond motifs is 1. The van der Waals surface area contributed by atoms with Gasteiger partial charge in [-0.3, -0.25) is 9.59 Å². The van der Waals surface area contributed by atoms with Crippen LogP contribution in [0.15, 0.2) is 42.5 Å². The van der Waals surface area contributed by atoms with Gasteiger partial charge in [0.05, 0.1) is 0 Å². The number of anilines is 2. The quantitative estimate of drug-likeness (QED) is 0.924. The summed E-state index contributed by atoms with van der Waals surface area (Å²) in [6.07, 6.45) is 2.23. The lowest BCUT2D eigenvalue weighted by molar-refractivity contribution is -0.127. The predicted octanol–water partition coefficient (Wildman–Crippen LogP) is 3.32. The maximum atomic E-state index is 12.7. The van der Waals surface area contributed by atoms with Gasteiger partial charge < -0.3 is 15.0 Å². The van der Waals surface area contributed by atoms with Crippen molar-refractivity contribution in [2.45, 2.75) is 32.3 Å². The Morgan fingerprint density at radius 3 is 2.81 bits per heavy atom. The molecule has 2 aliphatic rings. The van der Waals surface area contributed by atoms with Gasteiger partial charge in [-0.1, -0.05) is 24.3 Å². The summed E-state index contributed by atoms with van der Waals surface area (Å²) in [6.45, 7) is 3.24. The van der Waals surface area contributed by atoms with Gasteiger partial charge in [-0.15, -0.1) is 0 Å². The number of nitrogens with one attached hydrogen (secondary N) is 1. The molecule has 1 atom stereocenters. The van der Waals surface area contributed by atoms with E-state index in [1.165, 1.54) is 0 Å². The highest BCUT2D eigenvalue weighted by Gasteiger charge is 2.32. The molecule has 2 amide bonds. The first kappa shape index (κ1) is 16.8. The van der Waals surface area contributed by atoms with Crippen molar-refractivity contribution < 1.29 is 14.3 Å². The Labute approximate surface area is 153 Å². The molecule has 1 fully saturated rings. The average Bonchev–Trinajstić information content (AvgIpc) is 3.31. The third-order valence-corrected chi connectivity index (χ3v) is 5.10. The number of ether oxygens (including phenoxy) is 1. The number of carbonyl (C=O) groups is 2. The Morgan fingerprint density at radius 1 is 1.19 bits per heavy atom. The molecule has 134 valence electrons. The number of hydrogen-bond donors (Lipinski definition) is 1. The van der Waals surface area contributed by atoms with Gasteiger partial charge in [-0.2, -0.15) is 0 Å². The summed E-state index contributed by atoms with van der Waals surface area (Å²) in [5.41, 5.74) is 4.30. The van der Waals surface area contributed by atoms with Crippen LogP contribution >= 0.6 is 0 Å². The van der Waals surface area contributed by atoms with Gasteiger partial charge in [0.25, 0.3) is 11.8 Å². The molecule has 0 radical (unpaired) electrons. The fourth-order valence-electron chi connectivity index (χ4n) is 3.66. The lowest BCUT2D eigenvalue weighted by atomic mass is 10.1. The lowest BCUT2D eigenvalue weighted by Crippen LogP contribution is -2.37. The highest BCUT2D eigenvalue weighted by atomic mass is 16.5. The van der Waals surface area contributed by atoms with Crippen LogP contribution in [0.4, 0.5) is 11.4 Å². The van der Waals surface area contributed by atoms with E-state index in [0.29, 0.717) is 24.4 Å². The molecule has 2 aliphatic heterocycles. The molecule has 0 spiro atoms. The fourth-order valence-corrected chi connectivity index (χ4v) is 3.66. The molecule has 0 saturated carbocycles. The third-order valence-electron chi connectivity index (χ3n) is 5.10. The van der Waals surface area contributed by atoms with Crippen molar-refractivity contribution in [3.05, 3.63) is 59.2 Å². The van der Waals surface area contributed by atoms with Crippen LogP contribution < -0.4 is 10.2 Å². The van der Waals surface area contributed by atoms with Gasteiger partial charge in [0.1, 0.15) is 6.10 Å². The van der Waals surface area contributed by atoms with Crippen LogP contribution in [0.25, 0.3) is 0 Å². The minimum Gasteiger partial charge on any atom is -0.368 e. The highest BCUT2D eigenvalue weighted by Crippen LogP contribution is 2.32. The molecule has 26 heavy (non-hydrogen) atoms. The Bertz CT molecular complexity index is 856. The molecule has 0 bridgehead atoms. The smallest absolute Gasteiger partial charge is 0.256 e. The van der Waals surface area contributed by atoms with Crippen molar-refractivity contribution in [1.29, 1.82) is 0 Å². The van der Waals surface area contributed by atoms with Gasteiger partial charge in [0.15, 0.2) is 0 Å². The maximum Gasteiger partial charge on any atom is 0.256 e. The van der Waals surface area contributed by atoms with Crippen LogP contribution in [0.5, 0.6) is 0 Å². The van der Waals surface area contributed by atoms with Crippen molar-refractivity contribution in [2.24, 2.45) is 0 Å². The summed E-state index contributed by atoms with van der Waals surface area (Å²) in [5.74, 6) is -0.110. The zero-order chi connectivity index (χ0) is 18.1. The minimum atomic E-state index is -0.328. The van der Waals surface area contributed by atoms with E-state index in [0.717, 1.165) is 36.1 Å². The molecule has 5 nitrogen and oxygen atoms in total. The Kier molecular flexibility index (Phi) is 4.47. The molecule has 1 unspecified atom stereocenters. The molecular weight excluding hydrogens is 328 g/mol. The molecule has 0 aliphatic carbocycles. The minimum absolute atomic E-state index is 0.0311. The summed E-state index contributed by atoms with van der Waals surface area (Å²) in [7, 11) is 0. The summed E-state index contributed by atoms with van der Waals surface area (Å²) in [6, 6.07) is 13.3. The molecule has 2 aromatic rings. The van der Waals surface area contributed by atoms with Crippen molar-refractivity contribution >= 4 is 23.2 Å². The van der Waals surface area contributed by atoms with Crippen LogP contribution in [0.1, 0.15) is 34.3 Å². The van der Waals surface area contributed by atoms with Crippen molar-refractivity contribution in [2.75, 3.05) is 23.4 Å². The summed E-state index contributed by atoms with van der Waals surface area (Å²) in [5, 5.41) is 2.95. The van der Waals surface area contributed by atoms with Crippen LogP contribution in [0.3, 0.4) is 0 Å². The summed E-state index contributed by atoms with van der Waals surface area (Å²) < 4.78 is 5.55. The molecular formula is C21H22N2O3. The average molecular weight is 350 g/mol. The van der Waals surface area contributed by atoms with Gasteiger partial charge in [-0.25, -0.2) is 0 Å². The number of carbonyl (C=O) groups excluding carboxylic acids is 2. The number of amides is 2. The molecule has 2 heterocycles. The molecule has 0 aromatic heterocycles. The second kappa shape index (κ2) is 6.92. The van der Waals surface area contributed by atoms with Crippen LogP contribution in [0, 0.1) is 6.92 Å². The first-order chi connectivity index (χ1) is 12.6. The topological polar surface area (TPSA) is 58.6 Å². The molecule has 4 rings (SSSR count). The summed E-state index contributed by atoms with van der Waals surface area (Å²) >= 11 is 0. The van der Waals surface area contributed by atoms with E-state index in [9.17, 15) is 9.59 Å². The van der Waals surface area contributed by atoms with E-state index >= 15 is 0 Å². The van der Waals surface area contributed by atoms with Crippen LogP contribution in [-0.4, -0.2) is 31.1 Å². The number of benzene rings is 2. The second-order valence-corrected chi connectivity index (χ2v) is 6.85. The Balaban J connectivity index is 1.55. The maximum absolute atomic E-state index is 12.7. The van der Waals surface area contributed by atoms with E-state index < -0.39 is 0 Å². The Hall–Kier alpha value is -2.66. The normalized spacial score (nSPS) is 18.7. The SMILES string of the molecule is Cc1ccccc1C(=O)Nc1ccc2c(c1)N(C(=O)C1CCCO1)CC2. The monoisotopic (exact) mass is 350 g/mol. The molecule has 5 heteroatoms. The second-order valence-electron chi connectivity index (χ2n) is 6.85. The van der Waals surface area contributed by atoms with Gasteiger partial charge >= 0.3 is 0 Å². The van der Waals surface area contributed by atoms with Gasteiger partial charge in [0.2, 0.25) is 0 Å². The molecule has 1 saturated heterocycles. The standard InChI is InChI=1S/C21H22N2O3/c1-14-5-2-3-6-17(14)20(24)22-16-9-8-15-10-11-23(18(15)13-16)21(25)19-7-4-12-26-19/h2-3,5-6,8-9,13,19H,4,7,10-12H2,1H3,(H,22,24). The first-order valence-corrected chi connectivity index (χ1v) is 9.06. The molecule has 1 N–H and O–H groups in total. The van der Waals surface area contributed by atoms with Crippen molar-refractivity contribution in [3.8, 4) is 0 Å². The number of hydrogen-bond acceptors (Lipinski definition) is 3. The number of rotatable bonds is 3. The first-order valence-electron chi connectivity index (χ1n) is 9.06. The largest absolute Gasteiger partial charge is 0.368 e. The van der Waals surface area contributed by atoms with E-state index in [4.69, 9.17) is 4.74 Å². The van der Waals surface area contributed by atoms with E-state index in [-0.39, 0.29) is 17.9 Å². The number of nitrogens with zero attached hydrogens (tertiary/aromatic N) is 1. The summed E-state index contributed by atoms with van der Waals surface area (Å²) in [4.78, 5) is 27.1. The van der Waals surface area contributed by atoms with Crippen LogP contribution in [0.2, 0.25) is 0 Å². The van der Waals surface area contributed by atoms with E-state index in [1.807, 2.05) is 49.4 Å². The fraction of sp³-hybridized carbons (Fsp3) is 0.333. The van der Waals surface area contributed by atoms with Crippen molar-refractivity contribution in [3.63, 3.8) is 0 Å². The third kappa shape index (κ3) is 3.10. The molecule has 2 aromatic carbocycles. The van der Waals surface area contributed by atoms with Crippen LogP contribution in [-0.2, 0) is 16.0 Å². The lowest BCUT2D eigenvalue weighted by Gasteiger charge is -2.21. The zero-order valence-corrected chi connectivity index (χ0v) is 14.8.